The van der Waals surface area contributed by atoms with Gasteiger partial charge in [-0.25, -0.2) is 9.59 Å². The predicted octanol–water partition coefficient (Wildman–Crippen LogP) is 1.10. The number of benzene rings is 1. The summed E-state index contributed by atoms with van der Waals surface area (Å²) in [5.41, 5.74) is 2.67. The van der Waals surface area contributed by atoms with E-state index >= 15 is 0 Å². The van der Waals surface area contributed by atoms with E-state index < -0.39 is 12.8 Å². The molecule has 0 radical (unpaired) electrons. The summed E-state index contributed by atoms with van der Waals surface area (Å²) in [6.07, 6.45) is 0.510. The van der Waals surface area contributed by atoms with Crippen molar-refractivity contribution in [1.29, 1.82) is 0 Å². The highest BCUT2D eigenvalue weighted by Crippen LogP contribution is 2.35. The number of nitrogens with one attached hydrogen (secondary N) is 3. The number of amides is 3. The molecule has 3 amide bonds. The molecule has 1 aromatic rings. The molecule has 0 spiro atoms. The molecule has 0 bridgehead atoms. The van der Waals surface area contributed by atoms with Crippen molar-refractivity contribution in [3.8, 4) is 0 Å². The molecule has 0 fully saturated rings. The zero-order valence-corrected chi connectivity index (χ0v) is 11.1. The predicted molar refractivity (Wildman–Crippen MR) is 72.3 cm³/mol. The van der Waals surface area contributed by atoms with E-state index in [2.05, 4.69) is 16.0 Å². The minimum atomic E-state index is -0.641. The number of ether oxygens (including phenoxy) is 1. The highest BCUT2D eigenvalue weighted by Gasteiger charge is 2.26. The number of carbonyl (C=O) groups is 2. The van der Waals surface area contributed by atoms with Crippen LogP contribution >= 0.6 is 0 Å². The lowest BCUT2D eigenvalue weighted by Crippen LogP contribution is -2.26. The van der Waals surface area contributed by atoms with E-state index in [0.29, 0.717) is 12.1 Å². The van der Waals surface area contributed by atoms with Crippen LogP contribution in [0.5, 0.6) is 0 Å². The number of carbonyl (C=O) groups excluding carboxylic acids is 2. The lowest BCUT2D eigenvalue weighted by Gasteiger charge is -2.14. The summed E-state index contributed by atoms with van der Waals surface area (Å²) < 4.78 is 5.21. The number of aryl methyl sites for hydroxylation is 1. The highest BCUT2D eigenvalue weighted by atomic mass is 16.6. The fourth-order valence-electron chi connectivity index (χ4n) is 2.21. The van der Waals surface area contributed by atoms with Crippen molar-refractivity contribution in [2.75, 3.05) is 19.1 Å². The molecule has 0 unspecified atom stereocenters. The first-order valence-corrected chi connectivity index (χ1v) is 6.31. The van der Waals surface area contributed by atoms with Gasteiger partial charge in [0.25, 0.3) is 0 Å². The van der Waals surface area contributed by atoms with Gasteiger partial charge >= 0.3 is 12.1 Å². The van der Waals surface area contributed by atoms with Crippen molar-refractivity contribution in [3.63, 3.8) is 0 Å². The average molecular weight is 279 g/mol. The van der Waals surface area contributed by atoms with Crippen LogP contribution in [0.3, 0.4) is 0 Å². The zero-order valence-electron chi connectivity index (χ0n) is 11.1. The van der Waals surface area contributed by atoms with Crippen LogP contribution in [-0.4, -0.2) is 31.0 Å². The van der Waals surface area contributed by atoms with Gasteiger partial charge in [-0.05, 0) is 36.1 Å². The van der Waals surface area contributed by atoms with E-state index in [-0.39, 0.29) is 12.1 Å². The summed E-state index contributed by atoms with van der Waals surface area (Å²) in [5, 5.41) is 15.9. The van der Waals surface area contributed by atoms with Gasteiger partial charge in [-0.1, -0.05) is 6.07 Å². The van der Waals surface area contributed by atoms with Crippen LogP contribution in [0.1, 0.15) is 23.7 Å². The molecule has 0 saturated carbocycles. The summed E-state index contributed by atoms with van der Waals surface area (Å²) in [7, 11) is 1.55. The quantitative estimate of drug-likeness (QED) is 0.622. The standard InChI is InChI=1S/C13H17N3O4/c1-14-12(18)16-9-3-4-10-8(6-9)2-5-11(10)20-13(19)15-7-17/h3-4,6,11,17H,2,5,7H2,1H3,(H,15,19)(H2,14,16,18)/t11-/m0/s1. The van der Waals surface area contributed by atoms with Crippen LogP contribution in [0, 0.1) is 0 Å². The van der Waals surface area contributed by atoms with Crippen molar-refractivity contribution in [3.05, 3.63) is 29.3 Å². The Morgan fingerprint density at radius 1 is 1.45 bits per heavy atom. The monoisotopic (exact) mass is 279 g/mol. The number of aliphatic hydroxyl groups excluding tert-OH is 1. The maximum Gasteiger partial charge on any atom is 0.409 e. The van der Waals surface area contributed by atoms with Gasteiger partial charge in [-0.2, -0.15) is 0 Å². The third-order valence-electron chi connectivity index (χ3n) is 3.12. The smallest absolute Gasteiger partial charge is 0.409 e. The van der Waals surface area contributed by atoms with Gasteiger partial charge < -0.3 is 20.5 Å². The molecular formula is C13H17N3O4. The third-order valence-corrected chi connectivity index (χ3v) is 3.12. The molecular weight excluding hydrogens is 262 g/mol. The number of anilines is 1. The van der Waals surface area contributed by atoms with Gasteiger partial charge in [-0.3, -0.25) is 5.32 Å². The molecule has 108 valence electrons. The van der Waals surface area contributed by atoms with Gasteiger partial charge in [0.2, 0.25) is 0 Å². The second-order valence-corrected chi connectivity index (χ2v) is 4.39. The first kappa shape index (κ1) is 14.1. The number of alkyl carbamates (subject to hydrolysis) is 1. The minimum absolute atomic E-state index is 0.280. The van der Waals surface area contributed by atoms with E-state index in [1.807, 2.05) is 12.1 Å². The highest BCUT2D eigenvalue weighted by molar-refractivity contribution is 5.89. The Morgan fingerprint density at radius 3 is 2.95 bits per heavy atom. The van der Waals surface area contributed by atoms with E-state index in [4.69, 9.17) is 9.84 Å². The van der Waals surface area contributed by atoms with Gasteiger partial charge in [0.05, 0.1) is 0 Å². The van der Waals surface area contributed by atoms with Crippen LogP contribution < -0.4 is 16.0 Å². The lowest BCUT2D eigenvalue weighted by atomic mass is 10.1. The molecule has 7 heteroatoms. The van der Waals surface area contributed by atoms with Gasteiger partial charge in [0, 0.05) is 12.7 Å². The number of urea groups is 1. The molecule has 20 heavy (non-hydrogen) atoms. The molecule has 2 rings (SSSR count). The van der Waals surface area contributed by atoms with Crippen molar-refractivity contribution >= 4 is 17.8 Å². The number of hydrogen-bond acceptors (Lipinski definition) is 4. The fourth-order valence-corrected chi connectivity index (χ4v) is 2.21. The Balaban J connectivity index is 2.06. The van der Waals surface area contributed by atoms with Crippen molar-refractivity contribution in [1.82, 2.24) is 10.6 Å². The molecule has 1 atom stereocenters. The van der Waals surface area contributed by atoms with Crippen molar-refractivity contribution in [2.45, 2.75) is 18.9 Å². The van der Waals surface area contributed by atoms with Crippen LogP contribution in [0.2, 0.25) is 0 Å². The van der Waals surface area contributed by atoms with Crippen molar-refractivity contribution < 1.29 is 19.4 Å². The molecule has 1 aliphatic rings. The number of aliphatic hydroxyl groups is 1. The normalized spacial score (nSPS) is 16.2. The molecule has 0 aromatic heterocycles. The lowest BCUT2D eigenvalue weighted by molar-refractivity contribution is 0.0901. The molecule has 0 saturated heterocycles. The first-order valence-electron chi connectivity index (χ1n) is 6.31. The minimum Gasteiger partial charge on any atom is -0.441 e. The Labute approximate surface area is 116 Å². The van der Waals surface area contributed by atoms with Crippen LogP contribution in [0.15, 0.2) is 18.2 Å². The van der Waals surface area contributed by atoms with Crippen LogP contribution in [-0.2, 0) is 11.2 Å². The summed E-state index contributed by atoms with van der Waals surface area (Å²) in [6.45, 7) is -0.451. The van der Waals surface area contributed by atoms with Crippen LogP contribution in [0.25, 0.3) is 0 Å². The largest absolute Gasteiger partial charge is 0.441 e. The summed E-state index contributed by atoms with van der Waals surface area (Å²) in [4.78, 5) is 22.5. The van der Waals surface area contributed by atoms with Gasteiger partial charge in [-0.15, -0.1) is 0 Å². The SMILES string of the molecule is CNC(=O)Nc1ccc2c(c1)CC[C@@H]2OC(=O)NCO. The van der Waals surface area contributed by atoms with E-state index in [1.165, 1.54) is 0 Å². The second-order valence-electron chi connectivity index (χ2n) is 4.39. The Kier molecular flexibility index (Phi) is 4.41. The topological polar surface area (TPSA) is 99.7 Å². The summed E-state index contributed by atoms with van der Waals surface area (Å²) in [5.74, 6) is 0. The van der Waals surface area contributed by atoms with E-state index in [0.717, 1.165) is 17.5 Å². The van der Waals surface area contributed by atoms with E-state index in [9.17, 15) is 9.59 Å². The zero-order chi connectivity index (χ0) is 14.5. The Hall–Kier alpha value is -2.28. The van der Waals surface area contributed by atoms with Gasteiger partial charge in [0.15, 0.2) is 0 Å². The van der Waals surface area contributed by atoms with Crippen LogP contribution in [0.4, 0.5) is 15.3 Å². The average Bonchev–Trinajstić information content (AvgIpc) is 2.81. The van der Waals surface area contributed by atoms with Gasteiger partial charge in [0.1, 0.15) is 12.8 Å². The van der Waals surface area contributed by atoms with E-state index in [1.54, 1.807) is 13.1 Å². The maximum absolute atomic E-state index is 11.3. The maximum atomic E-state index is 11.3. The first-order chi connectivity index (χ1) is 9.63. The second kappa shape index (κ2) is 6.25. The summed E-state index contributed by atoms with van der Waals surface area (Å²) in [6, 6.07) is 5.19. The number of hydrogen-bond donors (Lipinski definition) is 4. The number of rotatable bonds is 3. The Morgan fingerprint density at radius 2 is 2.25 bits per heavy atom. The molecule has 1 aromatic carbocycles. The number of fused-ring (bicyclic) bond motifs is 1. The summed E-state index contributed by atoms with van der Waals surface area (Å²) >= 11 is 0. The molecule has 4 N–H and O–H groups in total. The molecule has 0 aliphatic heterocycles. The molecule has 0 heterocycles. The third kappa shape index (κ3) is 3.18. The van der Waals surface area contributed by atoms with Crippen molar-refractivity contribution in [2.24, 2.45) is 0 Å². The Bertz CT molecular complexity index is 518. The fraction of sp³-hybridized carbons (Fsp3) is 0.385. The molecule has 1 aliphatic carbocycles. The molecule has 7 nitrogen and oxygen atoms in total.